The van der Waals surface area contributed by atoms with E-state index in [1.165, 1.54) is 56.7 Å². The molecule has 2 fully saturated rings. The highest BCUT2D eigenvalue weighted by Crippen LogP contribution is 2.58. The van der Waals surface area contributed by atoms with E-state index in [1.54, 1.807) is 14.2 Å². The van der Waals surface area contributed by atoms with E-state index in [0.29, 0.717) is 0 Å². The van der Waals surface area contributed by atoms with Gasteiger partial charge in [-0.25, -0.2) is 0 Å². The minimum absolute atomic E-state index is 0.611. The van der Waals surface area contributed by atoms with Crippen molar-refractivity contribution in [1.29, 1.82) is 0 Å². The van der Waals surface area contributed by atoms with Crippen molar-refractivity contribution in [1.82, 2.24) is 0 Å². The molecule has 0 bridgehead atoms. The van der Waals surface area contributed by atoms with Crippen LogP contribution >= 0.6 is 7.92 Å². The lowest BCUT2D eigenvalue weighted by Gasteiger charge is -2.25. The molecule has 3 rings (SSSR count). The molecule has 0 amide bonds. The van der Waals surface area contributed by atoms with Crippen LogP contribution in [-0.2, 0) is 0 Å². The zero-order chi connectivity index (χ0) is 19.2. The van der Waals surface area contributed by atoms with E-state index in [1.807, 2.05) is 0 Å². The highest BCUT2D eigenvalue weighted by Gasteiger charge is 2.44. The number of halogens is 4. The van der Waals surface area contributed by atoms with Gasteiger partial charge < -0.3 is 26.7 Å². The fraction of sp³-hybridized carbons (Fsp3) is 0.667. The van der Waals surface area contributed by atoms with Crippen molar-refractivity contribution in [3.8, 4) is 11.5 Å². The van der Waals surface area contributed by atoms with Crippen molar-refractivity contribution in [2.75, 3.05) is 14.2 Å². The zero-order valence-corrected chi connectivity index (χ0v) is 16.4. The largest absolute Gasteiger partial charge is 0.673 e. The van der Waals surface area contributed by atoms with Gasteiger partial charge in [0.25, 0.3) is 0 Å². The second-order valence-electron chi connectivity index (χ2n) is 6.95. The molecular weight excluding hydrogens is 366 g/mol. The molecule has 2 saturated carbocycles. The van der Waals surface area contributed by atoms with Crippen molar-refractivity contribution >= 4 is 20.5 Å². The molecule has 0 heterocycles. The number of rotatable bonds is 5. The van der Waals surface area contributed by atoms with E-state index in [0.717, 1.165) is 22.8 Å². The third-order valence-corrected chi connectivity index (χ3v) is 9.29. The predicted molar refractivity (Wildman–Crippen MR) is 102 cm³/mol. The van der Waals surface area contributed by atoms with Gasteiger partial charge in [-0.05, 0) is 63.5 Å². The highest BCUT2D eigenvalue weighted by molar-refractivity contribution is 7.67. The second-order valence-corrected chi connectivity index (χ2v) is 9.99. The topological polar surface area (TPSA) is 18.5 Å². The first kappa shape index (κ1) is 21.3. The van der Waals surface area contributed by atoms with Crippen molar-refractivity contribution < 1.29 is 26.7 Å². The third kappa shape index (κ3) is 6.04. The minimum Gasteiger partial charge on any atom is -0.492 e. The van der Waals surface area contributed by atoms with E-state index in [4.69, 9.17) is 9.47 Å². The Hall–Kier alpha value is -0.965. The Labute approximate surface area is 154 Å². The van der Waals surface area contributed by atoms with Crippen LogP contribution in [0.4, 0.5) is 17.3 Å². The van der Waals surface area contributed by atoms with Gasteiger partial charge in [0, 0.05) is 7.92 Å². The smallest absolute Gasteiger partial charge is 0.492 e. The maximum Gasteiger partial charge on any atom is 0.673 e. The van der Waals surface area contributed by atoms with Crippen LogP contribution in [0, 0.1) is 0 Å². The number of hydrogen-bond acceptors (Lipinski definition) is 2. The first-order valence-corrected chi connectivity index (χ1v) is 11.0. The Balaban J connectivity index is 0.000000431. The normalized spacial score (nSPS) is 18.7. The standard InChI is InChI=1S/C18H27O2P.BF4/c1-19-16-12-7-13-17(20-2)18(16)21(14-8-3-4-9-14)15-10-5-6-11-15;2-1(3,4)5/h7,12-15H,3-6,8-11H2,1-2H3;/q;-1/p+1. The van der Waals surface area contributed by atoms with Gasteiger partial charge in [-0.15, -0.1) is 0 Å². The van der Waals surface area contributed by atoms with Crippen LogP contribution in [0.25, 0.3) is 0 Å². The zero-order valence-electron chi connectivity index (χ0n) is 15.4. The summed E-state index contributed by atoms with van der Waals surface area (Å²) < 4.78 is 50.5. The number of benzene rings is 1. The van der Waals surface area contributed by atoms with Crippen LogP contribution in [0.5, 0.6) is 11.5 Å². The Morgan fingerprint density at radius 3 is 1.46 bits per heavy atom. The molecule has 26 heavy (non-hydrogen) atoms. The first-order chi connectivity index (χ1) is 12.3. The summed E-state index contributed by atoms with van der Waals surface area (Å²) in [6.45, 7) is 0. The predicted octanol–water partition coefficient (Wildman–Crippen LogP) is 5.73. The van der Waals surface area contributed by atoms with E-state index in [9.17, 15) is 17.3 Å². The van der Waals surface area contributed by atoms with Gasteiger partial charge in [0.2, 0.25) is 0 Å². The van der Waals surface area contributed by atoms with Gasteiger partial charge >= 0.3 is 7.25 Å². The third-order valence-electron chi connectivity index (χ3n) is 5.31. The van der Waals surface area contributed by atoms with E-state index >= 15 is 0 Å². The summed E-state index contributed by atoms with van der Waals surface area (Å²) in [5.74, 6) is 2.14. The Morgan fingerprint density at radius 2 is 1.15 bits per heavy atom. The molecule has 148 valence electrons. The summed E-state index contributed by atoms with van der Waals surface area (Å²) in [7, 11) is -3.00. The Morgan fingerprint density at radius 1 is 0.808 bits per heavy atom. The van der Waals surface area contributed by atoms with Crippen molar-refractivity contribution in [2.24, 2.45) is 0 Å². The van der Waals surface area contributed by atoms with Crippen molar-refractivity contribution in [2.45, 2.75) is 62.7 Å². The molecule has 2 nitrogen and oxygen atoms in total. The lowest BCUT2D eigenvalue weighted by atomic mass is 10.3. The Kier molecular flexibility index (Phi) is 8.06. The van der Waals surface area contributed by atoms with Gasteiger partial charge in [-0.2, -0.15) is 0 Å². The van der Waals surface area contributed by atoms with E-state index in [-0.39, 0.29) is 0 Å². The minimum atomic E-state index is -6.00. The second kappa shape index (κ2) is 9.82. The molecule has 0 unspecified atom stereocenters. The van der Waals surface area contributed by atoms with Crippen LogP contribution in [0.3, 0.4) is 0 Å². The number of methoxy groups -OCH3 is 2. The fourth-order valence-electron chi connectivity index (χ4n) is 4.35. The van der Waals surface area contributed by atoms with Crippen LogP contribution in [-0.4, -0.2) is 32.8 Å². The molecule has 2 aliphatic rings. The van der Waals surface area contributed by atoms with Gasteiger partial charge in [0.15, 0.2) is 16.8 Å². The summed E-state index contributed by atoms with van der Waals surface area (Å²) in [5, 5.41) is 1.45. The average Bonchev–Trinajstić information content (AvgIpc) is 3.28. The van der Waals surface area contributed by atoms with E-state index < -0.39 is 15.2 Å². The van der Waals surface area contributed by atoms with Crippen LogP contribution < -0.4 is 14.8 Å². The maximum absolute atomic E-state index is 9.75. The molecule has 2 aliphatic carbocycles. The number of hydrogen-bond donors (Lipinski definition) is 0. The summed E-state index contributed by atoms with van der Waals surface area (Å²) >= 11 is 0. The first-order valence-electron chi connectivity index (χ1n) is 9.30. The number of ether oxygens (including phenoxy) is 2. The maximum atomic E-state index is 9.75. The van der Waals surface area contributed by atoms with Crippen molar-refractivity contribution in [3.05, 3.63) is 18.2 Å². The van der Waals surface area contributed by atoms with Gasteiger partial charge in [0.1, 0.15) is 0 Å². The SMILES string of the molecule is COc1cccc(OC)c1[PH+](C1CCCC1)C1CCCC1.F[B-](F)(F)F. The molecule has 0 spiro atoms. The molecule has 0 atom stereocenters. The van der Waals surface area contributed by atoms with Crippen LogP contribution in [0.1, 0.15) is 51.4 Å². The molecule has 0 radical (unpaired) electrons. The summed E-state index contributed by atoms with van der Waals surface area (Å²) in [6.07, 6.45) is 11.4. The monoisotopic (exact) mass is 394 g/mol. The average molecular weight is 394 g/mol. The lowest BCUT2D eigenvalue weighted by molar-refractivity contribution is 0.368. The van der Waals surface area contributed by atoms with Gasteiger partial charge in [-0.3, -0.25) is 0 Å². The summed E-state index contributed by atoms with van der Waals surface area (Å²) in [5.41, 5.74) is 1.84. The molecule has 1 aromatic rings. The lowest BCUT2D eigenvalue weighted by Crippen LogP contribution is -2.22. The molecule has 1 aromatic carbocycles. The molecular formula is C18H28BF4O2P. The highest BCUT2D eigenvalue weighted by atomic mass is 31.1. The molecule has 8 heteroatoms. The van der Waals surface area contributed by atoms with Crippen LogP contribution in [0.15, 0.2) is 18.2 Å². The quantitative estimate of drug-likeness (QED) is 0.361. The van der Waals surface area contributed by atoms with Gasteiger partial charge in [-0.1, -0.05) is 6.07 Å². The summed E-state index contributed by atoms with van der Waals surface area (Å²) in [4.78, 5) is 0. The molecule has 0 aromatic heterocycles. The van der Waals surface area contributed by atoms with Gasteiger partial charge in [0.05, 0.1) is 25.5 Å². The van der Waals surface area contributed by atoms with E-state index in [2.05, 4.69) is 18.2 Å². The van der Waals surface area contributed by atoms with Crippen molar-refractivity contribution in [3.63, 3.8) is 0 Å². The molecule has 0 saturated heterocycles. The summed E-state index contributed by atoms with van der Waals surface area (Å²) in [6, 6.07) is 6.32. The molecule has 0 aliphatic heterocycles. The Bertz CT molecular complexity index is 514. The van der Waals surface area contributed by atoms with Crippen LogP contribution in [0.2, 0.25) is 0 Å². The molecule has 0 N–H and O–H groups in total. The fourth-order valence-corrected chi connectivity index (χ4v) is 8.83.